The van der Waals surface area contributed by atoms with E-state index in [1.54, 1.807) is 6.07 Å². The molecule has 1 aliphatic rings. The number of carbonyl (C=O) groups is 1. The molecule has 4 heteroatoms. The Balaban J connectivity index is 1.76. The van der Waals surface area contributed by atoms with E-state index in [0.717, 1.165) is 42.8 Å². The smallest absolute Gasteiger partial charge is 0.222 e. The van der Waals surface area contributed by atoms with Crippen LogP contribution in [0.15, 0.2) is 12.1 Å². The normalized spacial score (nSPS) is 15.1. The van der Waals surface area contributed by atoms with Gasteiger partial charge in [-0.05, 0) is 49.1 Å². The predicted octanol–water partition coefficient (Wildman–Crippen LogP) is 1.68. The number of hydrogen-bond acceptors (Lipinski definition) is 3. The van der Waals surface area contributed by atoms with Crippen LogP contribution in [-0.2, 0) is 11.4 Å². The van der Waals surface area contributed by atoms with E-state index in [1.807, 2.05) is 17.9 Å². The molecule has 1 heterocycles. The fraction of sp³-hybridized carbons (Fsp3) is 0.533. The number of likely N-dealkylation sites (tertiary alicyclic amines) is 1. The van der Waals surface area contributed by atoms with Gasteiger partial charge in [0.25, 0.3) is 0 Å². The maximum atomic E-state index is 11.4. The first-order valence-electron chi connectivity index (χ1n) is 6.73. The number of amides is 1. The average molecular weight is 262 g/mol. The topological polar surface area (TPSA) is 49.8 Å². The van der Waals surface area contributed by atoms with Crippen molar-refractivity contribution in [1.82, 2.24) is 4.90 Å². The number of aliphatic hydroxyl groups is 1. The Labute approximate surface area is 114 Å². The molecule has 0 bridgehead atoms. The monoisotopic (exact) mass is 262 g/mol. The number of aliphatic hydroxyl groups excluding tert-OH is 1. The number of rotatable bonds is 6. The quantitative estimate of drug-likeness (QED) is 0.794. The third kappa shape index (κ3) is 3.96. The summed E-state index contributed by atoms with van der Waals surface area (Å²) in [6.45, 7) is 4.13. The number of nitrogens with zero attached hydrogens (tertiary/aromatic N) is 1. The van der Waals surface area contributed by atoms with Crippen LogP contribution >= 0.6 is 0 Å². The zero-order valence-corrected chi connectivity index (χ0v) is 11.3. The molecular formula is C15H20NO3. The standard InChI is InChI=1S/C15H20NO3/c1-12-8-13(11-17)10-14(9-12)19-7-3-6-16-5-2-4-15(16)18/h9-10,17H,2-7,11H2,1H3. The van der Waals surface area contributed by atoms with Crippen LogP contribution in [-0.4, -0.2) is 35.6 Å². The molecule has 0 spiro atoms. The zero-order chi connectivity index (χ0) is 13.7. The summed E-state index contributed by atoms with van der Waals surface area (Å²) in [5, 5.41) is 9.10. The first-order valence-corrected chi connectivity index (χ1v) is 6.73. The van der Waals surface area contributed by atoms with Gasteiger partial charge in [0, 0.05) is 19.5 Å². The Morgan fingerprint density at radius 2 is 2.32 bits per heavy atom. The van der Waals surface area contributed by atoms with Crippen LogP contribution in [0.1, 0.15) is 30.4 Å². The predicted molar refractivity (Wildman–Crippen MR) is 71.9 cm³/mol. The molecular weight excluding hydrogens is 242 g/mol. The number of carbonyl (C=O) groups excluding carboxylic acids is 1. The minimum Gasteiger partial charge on any atom is -0.494 e. The van der Waals surface area contributed by atoms with Gasteiger partial charge in [0.05, 0.1) is 13.2 Å². The van der Waals surface area contributed by atoms with E-state index in [0.29, 0.717) is 13.0 Å². The van der Waals surface area contributed by atoms with E-state index >= 15 is 0 Å². The average Bonchev–Trinajstić information content (AvgIpc) is 2.80. The Morgan fingerprint density at radius 3 is 3.00 bits per heavy atom. The highest BCUT2D eigenvalue weighted by atomic mass is 16.5. The van der Waals surface area contributed by atoms with Crippen molar-refractivity contribution < 1.29 is 14.6 Å². The summed E-state index contributed by atoms with van der Waals surface area (Å²) in [7, 11) is 0. The van der Waals surface area contributed by atoms with Crippen molar-refractivity contribution in [1.29, 1.82) is 0 Å². The van der Waals surface area contributed by atoms with Crippen LogP contribution in [0.3, 0.4) is 0 Å². The Bertz CT molecular complexity index is 445. The summed E-state index contributed by atoms with van der Waals surface area (Å²) in [6.07, 6.45) is 2.50. The lowest BCUT2D eigenvalue weighted by Gasteiger charge is -2.15. The molecule has 0 saturated carbocycles. The third-order valence-corrected chi connectivity index (χ3v) is 3.22. The van der Waals surface area contributed by atoms with E-state index in [4.69, 9.17) is 9.84 Å². The largest absolute Gasteiger partial charge is 0.494 e. The van der Waals surface area contributed by atoms with Crippen LogP contribution in [0.25, 0.3) is 0 Å². The molecule has 0 unspecified atom stereocenters. The molecule has 0 aliphatic carbocycles. The van der Waals surface area contributed by atoms with Crippen LogP contribution in [0.4, 0.5) is 0 Å². The van der Waals surface area contributed by atoms with Gasteiger partial charge >= 0.3 is 0 Å². The molecule has 1 aliphatic heterocycles. The van der Waals surface area contributed by atoms with Gasteiger partial charge < -0.3 is 14.7 Å². The Morgan fingerprint density at radius 1 is 1.47 bits per heavy atom. The molecule has 1 amide bonds. The van der Waals surface area contributed by atoms with Gasteiger partial charge in [-0.15, -0.1) is 0 Å². The summed E-state index contributed by atoms with van der Waals surface area (Å²) >= 11 is 0. The molecule has 103 valence electrons. The van der Waals surface area contributed by atoms with Gasteiger partial charge in [0.2, 0.25) is 5.91 Å². The molecule has 1 N–H and O–H groups in total. The van der Waals surface area contributed by atoms with Gasteiger partial charge in [-0.25, -0.2) is 0 Å². The maximum absolute atomic E-state index is 11.4. The second-order valence-electron chi connectivity index (χ2n) is 4.87. The summed E-state index contributed by atoms with van der Waals surface area (Å²) in [5.41, 5.74) is 1.70. The minimum atomic E-state index is -0.0275. The van der Waals surface area contributed by atoms with Crippen LogP contribution in [0.5, 0.6) is 5.75 Å². The van der Waals surface area contributed by atoms with Gasteiger partial charge in [-0.1, -0.05) is 0 Å². The van der Waals surface area contributed by atoms with Gasteiger partial charge in [-0.3, -0.25) is 4.79 Å². The maximum Gasteiger partial charge on any atom is 0.222 e. The van der Waals surface area contributed by atoms with E-state index in [9.17, 15) is 4.79 Å². The SMILES string of the molecule is Cc1[c]c(CO)cc(OCCCN2CCCC2=O)c1. The highest BCUT2D eigenvalue weighted by molar-refractivity contribution is 5.77. The van der Waals surface area contributed by atoms with Crippen molar-refractivity contribution in [2.24, 2.45) is 0 Å². The van der Waals surface area contributed by atoms with Crippen LogP contribution < -0.4 is 4.74 Å². The second kappa shape index (κ2) is 6.57. The van der Waals surface area contributed by atoms with Crippen LogP contribution in [0, 0.1) is 13.0 Å². The molecule has 4 nitrogen and oxygen atoms in total. The zero-order valence-electron chi connectivity index (χ0n) is 11.3. The molecule has 0 atom stereocenters. The van der Waals surface area contributed by atoms with E-state index in [1.165, 1.54) is 0 Å². The fourth-order valence-electron chi connectivity index (χ4n) is 2.31. The van der Waals surface area contributed by atoms with Crippen molar-refractivity contribution in [2.75, 3.05) is 19.7 Å². The number of aryl methyl sites for hydroxylation is 1. The number of ether oxygens (including phenoxy) is 1. The Kier molecular flexibility index (Phi) is 4.80. The molecule has 1 saturated heterocycles. The van der Waals surface area contributed by atoms with Crippen molar-refractivity contribution in [3.63, 3.8) is 0 Å². The van der Waals surface area contributed by atoms with Gasteiger partial charge in [0.1, 0.15) is 5.75 Å². The molecule has 1 radical (unpaired) electrons. The van der Waals surface area contributed by atoms with Gasteiger partial charge in [-0.2, -0.15) is 0 Å². The van der Waals surface area contributed by atoms with E-state index in [2.05, 4.69) is 6.07 Å². The lowest BCUT2D eigenvalue weighted by Crippen LogP contribution is -2.26. The second-order valence-corrected chi connectivity index (χ2v) is 4.87. The lowest BCUT2D eigenvalue weighted by atomic mass is 10.1. The van der Waals surface area contributed by atoms with Crippen molar-refractivity contribution in [2.45, 2.75) is 32.8 Å². The number of benzene rings is 1. The molecule has 0 aromatic heterocycles. The molecule has 2 rings (SSSR count). The van der Waals surface area contributed by atoms with Gasteiger partial charge in [0.15, 0.2) is 0 Å². The van der Waals surface area contributed by atoms with E-state index in [-0.39, 0.29) is 12.5 Å². The first kappa shape index (κ1) is 13.9. The first-order chi connectivity index (χ1) is 9.19. The summed E-state index contributed by atoms with van der Waals surface area (Å²) in [4.78, 5) is 13.3. The summed E-state index contributed by atoms with van der Waals surface area (Å²) < 4.78 is 5.66. The van der Waals surface area contributed by atoms with Crippen molar-refractivity contribution >= 4 is 5.91 Å². The third-order valence-electron chi connectivity index (χ3n) is 3.22. The summed E-state index contributed by atoms with van der Waals surface area (Å²) in [6, 6.07) is 6.76. The van der Waals surface area contributed by atoms with Crippen LogP contribution in [0.2, 0.25) is 0 Å². The molecule has 1 aromatic carbocycles. The minimum absolute atomic E-state index is 0.0275. The molecule has 1 fully saturated rings. The summed E-state index contributed by atoms with van der Waals surface area (Å²) in [5.74, 6) is 1.01. The lowest BCUT2D eigenvalue weighted by molar-refractivity contribution is -0.127. The fourth-order valence-corrected chi connectivity index (χ4v) is 2.31. The van der Waals surface area contributed by atoms with Crippen molar-refractivity contribution in [3.8, 4) is 5.75 Å². The highest BCUT2D eigenvalue weighted by Crippen LogP contribution is 2.17. The molecule has 19 heavy (non-hydrogen) atoms. The van der Waals surface area contributed by atoms with Crippen molar-refractivity contribution in [3.05, 3.63) is 29.3 Å². The Hall–Kier alpha value is -1.55. The number of hydrogen-bond donors (Lipinski definition) is 1. The van der Waals surface area contributed by atoms with E-state index < -0.39 is 0 Å². The highest BCUT2D eigenvalue weighted by Gasteiger charge is 2.18. The molecule has 1 aromatic rings.